The summed E-state index contributed by atoms with van der Waals surface area (Å²) >= 11 is 0. The van der Waals surface area contributed by atoms with Gasteiger partial charge in [-0.3, -0.25) is 19.5 Å². The van der Waals surface area contributed by atoms with Crippen LogP contribution in [0.3, 0.4) is 0 Å². The third-order valence-electron chi connectivity index (χ3n) is 5.87. The van der Waals surface area contributed by atoms with Crippen molar-refractivity contribution in [2.24, 2.45) is 7.05 Å². The minimum atomic E-state index is -0.625. The number of anilines is 1. The number of aromatic nitrogens is 3. The first-order valence-electron chi connectivity index (χ1n) is 10.2. The van der Waals surface area contributed by atoms with Crippen molar-refractivity contribution < 1.29 is 18.8 Å². The molecule has 3 aromatic rings. The Morgan fingerprint density at radius 2 is 1.84 bits per heavy atom. The molecule has 2 N–H and O–H groups in total. The molecule has 3 rings (SSSR count). The number of carbonyl (C=O) groups is 3. The van der Waals surface area contributed by atoms with E-state index in [1.165, 1.54) is 18.2 Å². The van der Waals surface area contributed by atoms with E-state index in [1.807, 2.05) is 13.8 Å². The highest BCUT2D eigenvalue weighted by Crippen LogP contribution is 2.28. The molecule has 2 aromatic heterocycles. The number of Topliss-reactive ketones (excluding diaryl/α,β-unsaturated/α-hetero) is 2. The molecule has 168 valence electrons. The van der Waals surface area contributed by atoms with Crippen molar-refractivity contribution in [3.63, 3.8) is 0 Å². The Labute approximate surface area is 186 Å². The summed E-state index contributed by atoms with van der Waals surface area (Å²) in [6.07, 6.45) is 1.60. The number of amides is 1. The summed E-state index contributed by atoms with van der Waals surface area (Å²) in [7, 11) is 1.67. The molecular formula is C24H27FN4O3. The molecule has 0 atom stereocenters. The van der Waals surface area contributed by atoms with Gasteiger partial charge >= 0.3 is 0 Å². The molecule has 0 fully saturated rings. The SMILES string of the molecule is Cc1cc(NC(=O)c2c(C)c(C(=O)C(=O)CC(C)(C)c3ccn[nH]3)c(C)n2C)ccc1F. The zero-order valence-electron chi connectivity index (χ0n) is 19.1. The zero-order valence-corrected chi connectivity index (χ0v) is 19.1. The van der Waals surface area contributed by atoms with Crippen molar-refractivity contribution in [3.8, 4) is 0 Å². The molecule has 0 saturated carbocycles. The lowest BCUT2D eigenvalue weighted by Crippen LogP contribution is -2.27. The van der Waals surface area contributed by atoms with Gasteiger partial charge in [0, 0.05) is 42.2 Å². The summed E-state index contributed by atoms with van der Waals surface area (Å²) in [5, 5.41) is 9.50. The van der Waals surface area contributed by atoms with Crippen LogP contribution in [-0.2, 0) is 17.3 Å². The Hall–Kier alpha value is -3.55. The smallest absolute Gasteiger partial charge is 0.272 e. The molecule has 0 aliphatic carbocycles. The average Bonchev–Trinajstić information content (AvgIpc) is 3.32. The second kappa shape index (κ2) is 8.53. The number of rotatable bonds is 7. The predicted molar refractivity (Wildman–Crippen MR) is 120 cm³/mol. The second-order valence-electron chi connectivity index (χ2n) is 8.69. The normalized spacial score (nSPS) is 11.5. The summed E-state index contributed by atoms with van der Waals surface area (Å²) < 4.78 is 15.1. The number of carbonyl (C=O) groups excluding carboxylic acids is 3. The van der Waals surface area contributed by atoms with Crippen molar-refractivity contribution in [1.29, 1.82) is 0 Å². The van der Waals surface area contributed by atoms with Gasteiger partial charge in [0.1, 0.15) is 11.5 Å². The molecular weight excluding hydrogens is 411 g/mol. The molecule has 1 aromatic carbocycles. The van der Waals surface area contributed by atoms with Crippen molar-refractivity contribution in [2.45, 2.75) is 46.5 Å². The lowest BCUT2D eigenvalue weighted by atomic mass is 9.82. The first kappa shape index (κ1) is 23.1. The van der Waals surface area contributed by atoms with Gasteiger partial charge in [0.05, 0.1) is 5.56 Å². The fraction of sp³-hybridized carbons (Fsp3) is 0.333. The van der Waals surface area contributed by atoms with Gasteiger partial charge in [-0.05, 0) is 56.2 Å². The van der Waals surface area contributed by atoms with Gasteiger partial charge in [0.2, 0.25) is 11.6 Å². The fourth-order valence-electron chi connectivity index (χ4n) is 3.90. The molecule has 0 saturated heterocycles. The summed E-state index contributed by atoms with van der Waals surface area (Å²) in [6.45, 7) is 8.68. The lowest BCUT2D eigenvalue weighted by molar-refractivity contribution is -0.116. The highest BCUT2D eigenvalue weighted by atomic mass is 19.1. The molecule has 2 heterocycles. The van der Waals surface area contributed by atoms with Gasteiger partial charge < -0.3 is 9.88 Å². The standard InChI is InChI=1S/C24H27FN4O3/c1-13-11-16(7-8-17(13)25)27-23(32)21-14(2)20(15(3)29(21)6)22(31)18(30)12-24(4,5)19-9-10-26-28-19/h7-11H,12H2,1-6H3,(H,26,28)(H,27,32). The number of aromatic amines is 1. The molecule has 32 heavy (non-hydrogen) atoms. The maximum atomic E-state index is 13.5. The van der Waals surface area contributed by atoms with Crippen LogP contribution in [0.5, 0.6) is 0 Å². The number of H-pyrrole nitrogens is 1. The fourth-order valence-corrected chi connectivity index (χ4v) is 3.90. The largest absolute Gasteiger partial charge is 0.343 e. The Morgan fingerprint density at radius 3 is 2.44 bits per heavy atom. The Morgan fingerprint density at radius 1 is 1.16 bits per heavy atom. The van der Waals surface area contributed by atoms with Crippen LogP contribution in [0.4, 0.5) is 10.1 Å². The third-order valence-corrected chi connectivity index (χ3v) is 5.87. The highest BCUT2D eigenvalue weighted by molar-refractivity contribution is 6.44. The van der Waals surface area contributed by atoms with Crippen molar-refractivity contribution in [3.05, 3.63) is 70.1 Å². The average molecular weight is 439 g/mol. The van der Waals surface area contributed by atoms with Crippen LogP contribution < -0.4 is 5.32 Å². The number of nitrogens with zero attached hydrogens (tertiary/aromatic N) is 2. The Balaban J connectivity index is 1.87. The maximum absolute atomic E-state index is 13.5. The van der Waals surface area contributed by atoms with Crippen molar-refractivity contribution >= 4 is 23.2 Å². The minimum Gasteiger partial charge on any atom is -0.343 e. The monoisotopic (exact) mass is 438 g/mol. The Kier molecular flexibility index (Phi) is 6.16. The molecule has 0 aliphatic heterocycles. The van der Waals surface area contributed by atoms with Crippen LogP contribution >= 0.6 is 0 Å². The predicted octanol–water partition coefficient (Wildman–Crippen LogP) is 4.18. The Bertz CT molecular complexity index is 1210. The van der Waals surface area contributed by atoms with Crippen LogP contribution in [0, 0.1) is 26.6 Å². The summed E-state index contributed by atoms with van der Waals surface area (Å²) in [6, 6.07) is 6.06. The minimum absolute atomic E-state index is 0.00180. The van der Waals surface area contributed by atoms with Gasteiger partial charge in [-0.25, -0.2) is 4.39 Å². The van der Waals surface area contributed by atoms with E-state index in [1.54, 1.807) is 44.6 Å². The van der Waals surface area contributed by atoms with Crippen LogP contribution in [0.2, 0.25) is 0 Å². The van der Waals surface area contributed by atoms with Gasteiger partial charge in [-0.15, -0.1) is 0 Å². The quantitative estimate of drug-likeness (QED) is 0.427. The first-order valence-corrected chi connectivity index (χ1v) is 10.2. The summed E-state index contributed by atoms with van der Waals surface area (Å²) in [4.78, 5) is 38.9. The van der Waals surface area contributed by atoms with E-state index in [2.05, 4.69) is 15.5 Å². The molecule has 1 amide bonds. The number of hydrogen-bond donors (Lipinski definition) is 2. The number of hydrogen-bond acceptors (Lipinski definition) is 4. The van der Waals surface area contributed by atoms with Crippen molar-refractivity contribution in [2.75, 3.05) is 5.32 Å². The topological polar surface area (TPSA) is 96.8 Å². The van der Waals surface area contributed by atoms with Crippen LogP contribution in [0.15, 0.2) is 30.5 Å². The number of nitrogens with one attached hydrogen (secondary N) is 2. The molecule has 0 unspecified atom stereocenters. The van der Waals surface area contributed by atoms with E-state index in [0.717, 1.165) is 5.69 Å². The van der Waals surface area contributed by atoms with E-state index in [-0.39, 0.29) is 23.5 Å². The van der Waals surface area contributed by atoms with Gasteiger partial charge in [-0.2, -0.15) is 5.10 Å². The van der Waals surface area contributed by atoms with Crippen molar-refractivity contribution in [1.82, 2.24) is 14.8 Å². The molecule has 0 aliphatic rings. The number of halogens is 1. The summed E-state index contributed by atoms with van der Waals surface area (Å²) in [5.74, 6) is -1.97. The molecule has 0 bridgehead atoms. The molecule has 0 radical (unpaired) electrons. The van der Waals surface area contributed by atoms with Crippen LogP contribution in [0.25, 0.3) is 0 Å². The molecule has 8 heteroatoms. The molecule has 0 spiro atoms. The summed E-state index contributed by atoms with van der Waals surface area (Å²) in [5.41, 5.74) is 2.48. The maximum Gasteiger partial charge on any atom is 0.272 e. The number of ketones is 2. The zero-order chi connectivity index (χ0) is 23.8. The number of benzene rings is 1. The van der Waals surface area contributed by atoms with E-state index in [9.17, 15) is 18.8 Å². The van der Waals surface area contributed by atoms with Gasteiger partial charge in [0.25, 0.3) is 5.91 Å². The van der Waals surface area contributed by atoms with Crippen LogP contribution in [-0.4, -0.2) is 32.2 Å². The van der Waals surface area contributed by atoms with Gasteiger partial charge in [-0.1, -0.05) is 13.8 Å². The van der Waals surface area contributed by atoms with E-state index in [0.29, 0.717) is 22.5 Å². The second-order valence-corrected chi connectivity index (χ2v) is 8.69. The first-order chi connectivity index (χ1) is 14.9. The van der Waals surface area contributed by atoms with E-state index in [4.69, 9.17) is 0 Å². The lowest BCUT2D eigenvalue weighted by Gasteiger charge is -2.21. The highest BCUT2D eigenvalue weighted by Gasteiger charge is 2.33. The molecule has 7 nitrogen and oxygen atoms in total. The van der Waals surface area contributed by atoms with Crippen LogP contribution in [0.1, 0.15) is 63.6 Å². The van der Waals surface area contributed by atoms with Gasteiger partial charge in [0.15, 0.2) is 0 Å². The number of aryl methyl sites for hydroxylation is 1. The van der Waals surface area contributed by atoms with E-state index >= 15 is 0 Å². The van der Waals surface area contributed by atoms with E-state index < -0.39 is 22.9 Å². The third kappa shape index (κ3) is 4.26.